The molecule has 0 fully saturated rings. The van der Waals surface area contributed by atoms with Crippen molar-refractivity contribution in [2.45, 2.75) is 24.3 Å². The summed E-state index contributed by atoms with van der Waals surface area (Å²) in [6.45, 7) is 0.197. The van der Waals surface area contributed by atoms with Crippen LogP contribution < -0.4 is 10.0 Å². The number of non-ortho nitro benzene ring substituents is 1. The van der Waals surface area contributed by atoms with Crippen molar-refractivity contribution in [1.29, 1.82) is 0 Å². The average Bonchev–Trinajstić information content (AvgIpc) is 2.77. The quantitative estimate of drug-likeness (QED) is 0.390. The van der Waals surface area contributed by atoms with Gasteiger partial charge in [-0.1, -0.05) is 48.5 Å². The molecule has 160 valence electrons. The van der Waals surface area contributed by atoms with Crippen molar-refractivity contribution in [2.75, 3.05) is 5.32 Å². The molecule has 0 heterocycles. The van der Waals surface area contributed by atoms with E-state index in [1.54, 1.807) is 18.2 Å². The molecule has 3 rings (SSSR count). The minimum absolute atomic E-state index is 0.101. The summed E-state index contributed by atoms with van der Waals surface area (Å²) in [5.41, 5.74) is 1.91. The highest BCUT2D eigenvalue weighted by molar-refractivity contribution is 7.89. The lowest BCUT2D eigenvalue weighted by molar-refractivity contribution is -0.384. The standard InChI is InChI=1S/C22H21N3O5S/c26-22(24-19-7-4-8-20(15-19)25(27)28)14-11-17-9-12-21(13-10-17)31(29,30)23-16-18-5-2-1-3-6-18/h1-10,12-13,15,23H,11,14,16H2,(H,24,26). The van der Waals surface area contributed by atoms with Crippen LogP contribution in [0, 0.1) is 10.1 Å². The Labute approximate surface area is 180 Å². The molecule has 0 radical (unpaired) electrons. The summed E-state index contributed by atoms with van der Waals surface area (Å²) < 4.78 is 27.4. The zero-order valence-corrected chi connectivity index (χ0v) is 17.3. The number of hydrogen-bond acceptors (Lipinski definition) is 5. The van der Waals surface area contributed by atoms with Gasteiger partial charge in [0.05, 0.1) is 9.82 Å². The molecule has 0 saturated carbocycles. The molecular weight excluding hydrogens is 418 g/mol. The van der Waals surface area contributed by atoms with Crippen LogP contribution in [0.25, 0.3) is 0 Å². The lowest BCUT2D eigenvalue weighted by Crippen LogP contribution is -2.23. The first-order valence-electron chi connectivity index (χ1n) is 9.50. The summed E-state index contributed by atoms with van der Waals surface area (Å²) in [7, 11) is -3.64. The number of aryl methyl sites for hydroxylation is 1. The third kappa shape index (κ3) is 6.46. The van der Waals surface area contributed by atoms with E-state index in [1.165, 1.54) is 30.3 Å². The average molecular weight is 439 g/mol. The summed E-state index contributed by atoms with van der Waals surface area (Å²) in [5.74, 6) is -0.290. The number of nitro benzene ring substituents is 1. The van der Waals surface area contributed by atoms with Gasteiger partial charge >= 0.3 is 0 Å². The number of nitrogens with one attached hydrogen (secondary N) is 2. The van der Waals surface area contributed by atoms with Crippen LogP contribution in [0.1, 0.15) is 17.5 Å². The van der Waals surface area contributed by atoms with Crippen LogP contribution in [-0.2, 0) is 27.8 Å². The van der Waals surface area contributed by atoms with Crippen molar-refractivity contribution < 1.29 is 18.1 Å². The van der Waals surface area contributed by atoms with E-state index >= 15 is 0 Å². The second-order valence-corrected chi connectivity index (χ2v) is 8.58. The van der Waals surface area contributed by atoms with Crippen LogP contribution in [0.15, 0.2) is 83.8 Å². The number of nitrogens with zero attached hydrogens (tertiary/aromatic N) is 1. The fourth-order valence-electron chi connectivity index (χ4n) is 2.87. The molecular formula is C22H21N3O5S. The molecule has 3 aromatic rings. The predicted octanol–water partition coefficient (Wildman–Crippen LogP) is 3.64. The van der Waals surface area contributed by atoms with Gasteiger partial charge in [-0.3, -0.25) is 14.9 Å². The maximum absolute atomic E-state index is 12.4. The Balaban J connectivity index is 1.53. The van der Waals surface area contributed by atoms with E-state index in [4.69, 9.17) is 0 Å². The molecule has 1 amide bonds. The van der Waals surface area contributed by atoms with E-state index in [0.29, 0.717) is 12.1 Å². The molecule has 0 atom stereocenters. The van der Waals surface area contributed by atoms with E-state index < -0.39 is 14.9 Å². The summed E-state index contributed by atoms with van der Waals surface area (Å²) in [5, 5.41) is 13.4. The van der Waals surface area contributed by atoms with E-state index in [-0.39, 0.29) is 29.5 Å². The van der Waals surface area contributed by atoms with Crippen molar-refractivity contribution in [3.63, 3.8) is 0 Å². The van der Waals surface area contributed by atoms with Gasteiger partial charge in [0, 0.05) is 30.8 Å². The van der Waals surface area contributed by atoms with Crippen LogP contribution in [0.3, 0.4) is 0 Å². The second-order valence-electron chi connectivity index (χ2n) is 6.81. The van der Waals surface area contributed by atoms with Crippen LogP contribution in [-0.4, -0.2) is 19.2 Å². The van der Waals surface area contributed by atoms with Crippen LogP contribution in [0.2, 0.25) is 0 Å². The van der Waals surface area contributed by atoms with Gasteiger partial charge in [0.15, 0.2) is 0 Å². The summed E-state index contributed by atoms with van der Waals surface area (Å²) >= 11 is 0. The number of rotatable bonds is 9. The molecule has 2 N–H and O–H groups in total. The number of sulfonamides is 1. The summed E-state index contributed by atoms with van der Waals surface area (Å²) in [4.78, 5) is 22.6. The SMILES string of the molecule is O=C(CCc1ccc(S(=O)(=O)NCc2ccccc2)cc1)Nc1cccc([N+](=O)[O-])c1. The fourth-order valence-corrected chi connectivity index (χ4v) is 3.89. The molecule has 0 aliphatic rings. The van der Waals surface area contributed by atoms with Gasteiger partial charge in [-0.05, 0) is 35.7 Å². The highest BCUT2D eigenvalue weighted by atomic mass is 32.2. The largest absolute Gasteiger partial charge is 0.326 e. The topological polar surface area (TPSA) is 118 Å². The predicted molar refractivity (Wildman–Crippen MR) is 117 cm³/mol. The van der Waals surface area contributed by atoms with Crippen LogP contribution in [0.4, 0.5) is 11.4 Å². The molecule has 0 saturated heterocycles. The van der Waals surface area contributed by atoms with E-state index in [2.05, 4.69) is 10.0 Å². The molecule has 0 spiro atoms. The number of anilines is 1. The van der Waals surface area contributed by atoms with Gasteiger partial charge in [-0.15, -0.1) is 0 Å². The molecule has 8 nitrogen and oxygen atoms in total. The summed E-state index contributed by atoms with van der Waals surface area (Å²) in [6, 6.07) is 21.3. The highest BCUT2D eigenvalue weighted by Crippen LogP contribution is 2.18. The molecule has 31 heavy (non-hydrogen) atoms. The number of hydrogen-bond donors (Lipinski definition) is 2. The Morgan fingerprint density at radius 1 is 0.903 bits per heavy atom. The number of benzene rings is 3. The minimum atomic E-state index is -3.64. The molecule has 0 bridgehead atoms. The van der Waals surface area contributed by atoms with Crippen molar-refractivity contribution in [3.8, 4) is 0 Å². The first-order chi connectivity index (χ1) is 14.8. The Hall–Kier alpha value is -3.56. The fraction of sp³-hybridized carbons (Fsp3) is 0.136. The van der Waals surface area contributed by atoms with Gasteiger partial charge in [0.1, 0.15) is 0 Å². The number of amides is 1. The lowest BCUT2D eigenvalue weighted by atomic mass is 10.1. The molecule has 3 aromatic carbocycles. The minimum Gasteiger partial charge on any atom is -0.326 e. The Morgan fingerprint density at radius 3 is 2.29 bits per heavy atom. The zero-order chi connectivity index (χ0) is 22.3. The Kier molecular flexibility index (Phi) is 7.11. The molecule has 0 aromatic heterocycles. The van der Waals surface area contributed by atoms with Crippen molar-refractivity contribution in [2.24, 2.45) is 0 Å². The molecule has 0 unspecified atom stereocenters. The number of carbonyl (C=O) groups excluding carboxylic acids is 1. The Morgan fingerprint density at radius 2 is 1.61 bits per heavy atom. The van der Waals surface area contributed by atoms with E-state index in [9.17, 15) is 23.3 Å². The number of nitro groups is 1. The maximum atomic E-state index is 12.4. The monoisotopic (exact) mass is 439 g/mol. The van der Waals surface area contributed by atoms with Crippen molar-refractivity contribution >= 4 is 27.3 Å². The van der Waals surface area contributed by atoms with Gasteiger partial charge in [0.2, 0.25) is 15.9 Å². The maximum Gasteiger partial charge on any atom is 0.271 e. The number of carbonyl (C=O) groups is 1. The van der Waals surface area contributed by atoms with Crippen LogP contribution >= 0.6 is 0 Å². The highest BCUT2D eigenvalue weighted by Gasteiger charge is 2.14. The molecule has 0 aliphatic carbocycles. The van der Waals surface area contributed by atoms with Gasteiger partial charge in [-0.25, -0.2) is 13.1 Å². The Bertz CT molecular complexity index is 1160. The van der Waals surface area contributed by atoms with Gasteiger partial charge < -0.3 is 5.32 Å². The van der Waals surface area contributed by atoms with Gasteiger partial charge in [0.25, 0.3) is 5.69 Å². The summed E-state index contributed by atoms with van der Waals surface area (Å²) in [6.07, 6.45) is 0.555. The third-order valence-electron chi connectivity index (χ3n) is 4.52. The second kappa shape index (κ2) is 9.96. The third-order valence-corrected chi connectivity index (χ3v) is 5.94. The van der Waals surface area contributed by atoms with E-state index in [0.717, 1.165) is 11.1 Å². The van der Waals surface area contributed by atoms with Crippen molar-refractivity contribution in [1.82, 2.24) is 4.72 Å². The van der Waals surface area contributed by atoms with Crippen LogP contribution in [0.5, 0.6) is 0 Å². The first-order valence-corrected chi connectivity index (χ1v) is 11.0. The lowest BCUT2D eigenvalue weighted by Gasteiger charge is -2.08. The van der Waals surface area contributed by atoms with Crippen molar-refractivity contribution in [3.05, 3.63) is 100 Å². The first kappa shape index (κ1) is 22.1. The van der Waals surface area contributed by atoms with E-state index in [1.807, 2.05) is 30.3 Å². The normalized spacial score (nSPS) is 11.1. The smallest absolute Gasteiger partial charge is 0.271 e. The zero-order valence-electron chi connectivity index (χ0n) is 16.5. The molecule has 0 aliphatic heterocycles. The molecule has 9 heteroatoms. The van der Waals surface area contributed by atoms with Gasteiger partial charge in [-0.2, -0.15) is 0 Å².